The normalized spacial score (nSPS) is 16.0. The van der Waals surface area contributed by atoms with E-state index in [0.29, 0.717) is 37.0 Å². The van der Waals surface area contributed by atoms with Crippen molar-refractivity contribution >= 4 is 23.3 Å². The van der Waals surface area contributed by atoms with Gasteiger partial charge >= 0.3 is 5.97 Å². The Morgan fingerprint density at radius 1 is 1.50 bits per heavy atom. The van der Waals surface area contributed by atoms with Gasteiger partial charge in [0, 0.05) is 13.1 Å². The van der Waals surface area contributed by atoms with Crippen LogP contribution < -0.4 is 21.9 Å². The predicted octanol–water partition coefficient (Wildman–Crippen LogP) is 0.124. The van der Waals surface area contributed by atoms with Gasteiger partial charge in [-0.2, -0.15) is 0 Å². The van der Waals surface area contributed by atoms with E-state index in [4.69, 9.17) is 16.3 Å². The highest BCUT2D eigenvalue weighted by Gasteiger charge is 2.27. The third-order valence-electron chi connectivity index (χ3n) is 3.41. The number of hydrogen-bond donors (Lipinski definition) is 3. The lowest BCUT2D eigenvalue weighted by atomic mass is 9.97. The first-order chi connectivity index (χ1) is 9.67. The number of carbonyl (C=O) groups excluding carboxylic acids is 1. The highest BCUT2D eigenvalue weighted by Crippen LogP contribution is 2.29. The van der Waals surface area contributed by atoms with E-state index >= 15 is 0 Å². The van der Waals surface area contributed by atoms with Crippen LogP contribution >= 0.6 is 0 Å². The van der Waals surface area contributed by atoms with E-state index in [1.54, 1.807) is 0 Å². The third-order valence-corrected chi connectivity index (χ3v) is 3.41. The van der Waals surface area contributed by atoms with Crippen LogP contribution in [0.15, 0.2) is 6.33 Å². The Bertz CT molecular complexity index is 473. The van der Waals surface area contributed by atoms with Crippen molar-refractivity contribution in [2.45, 2.75) is 19.8 Å². The summed E-state index contributed by atoms with van der Waals surface area (Å²) < 4.78 is 5.05. The van der Waals surface area contributed by atoms with Gasteiger partial charge in [0.15, 0.2) is 11.6 Å². The van der Waals surface area contributed by atoms with Gasteiger partial charge < -0.3 is 20.8 Å². The van der Waals surface area contributed by atoms with Crippen molar-refractivity contribution in [3.63, 3.8) is 0 Å². The Kier molecular flexibility index (Phi) is 4.57. The van der Waals surface area contributed by atoms with Crippen molar-refractivity contribution in [2.75, 3.05) is 35.8 Å². The molecule has 8 nitrogen and oxygen atoms in total. The van der Waals surface area contributed by atoms with Gasteiger partial charge in [-0.15, -0.1) is 0 Å². The molecule has 2 rings (SSSR count). The molecule has 8 heteroatoms. The van der Waals surface area contributed by atoms with Crippen LogP contribution in [0.3, 0.4) is 0 Å². The highest BCUT2D eigenvalue weighted by molar-refractivity contribution is 5.76. The zero-order valence-electron chi connectivity index (χ0n) is 11.5. The van der Waals surface area contributed by atoms with Gasteiger partial charge in [-0.1, -0.05) is 0 Å². The number of piperidine rings is 1. The van der Waals surface area contributed by atoms with E-state index in [0.717, 1.165) is 12.8 Å². The van der Waals surface area contributed by atoms with Gasteiger partial charge in [0.2, 0.25) is 0 Å². The largest absolute Gasteiger partial charge is 0.466 e. The SMILES string of the molecule is CCOC(=O)C1CCN(c2ncnc(NN)c2N)CC1. The number of nitrogens with two attached hydrogens (primary N) is 2. The lowest BCUT2D eigenvalue weighted by Gasteiger charge is -2.32. The van der Waals surface area contributed by atoms with Crippen LogP contribution in [-0.2, 0) is 9.53 Å². The predicted molar refractivity (Wildman–Crippen MR) is 75.8 cm³/mol. The molecule has 0 radical (unpaired) electrons. The standard InChI is InChI=1S/C12H20N6O2/c1-2-20-12(19)8-3-5-18(6-4-8)11-9(13)10(17-14)15-7-16-11/h7-8H,2-6,13-14H2,1H3,(H,15,16,17). The van der Waals surface area contributed by atoms with Crippen LogP contribution in [0.4, 0.5) is 17.3 Å². The molecule has 0 saturated carbocycles. The van der Waals surface area contributed by atoms with Crippen LogP contribution in [0.1, 0.15) is 19.8 Å². The third kappa shape index (κ3) is 2.90. The molecule has 20 heavy (non-hydrogen) atoms. The Hall–Kier alpha value is -2.09. The van der Waals surface area contributed by atoms with E-state index in [1.807, 2.05) is 11.8 Å². The van der Waals surface area contributed by atoms with Crippen LogP contribution in [0.5, 0.6) is 0 Å². The molecule has 5 N–H and O–H groups in total. The first-order valence-electron chi connectivity index (χ1n) is 6.66. The Balaban J connectivity index is 2.02. The molecule has 0 unspecified atom stereocenters. The van der Waals surface area contributed by atoms with Crippen molar-refractivity contribution in [2.24, 2.45) is 11.8 Å². The summed E-state index contributed by atoms with van der Waals surface area (Å²) in [5.41, 5.74) is 8.83. The second-order valence-corrected chi connectivity index (χ2v) is 4.62. The fourth-order valence-corrected chi connectivity index (χ4v) is 2.34. The van der Waals surface area contributed by atoms with E-state index in [1.165, 1.54) is 6.33 Å². The van der Waals surface area contributed by atoms with Gasteiger partial charge in [0.1, 0.15) is 12.0 Å². The topological polar surface area (TPSA) is 119 Å². The number of ether oxygens (including phenoxy) is 1. The minimum atomic E-state index is -0.118. The summed E-state index contributed by atoms with van der Waals surface area (Å²) in [6.45, 7) is 3.64. The molecule has 0 amide bonds. The van der Waals surface area contributed by atoms with Crippen molar-refractivity contribution in [1.29, 1.82) is 0 Å². The molecular weight excluding hydrogens is 260 g/mol. The number of nitrogen functional groups attached to an aromatic ring is 2. The molecule has 1 aromatic heterocycles. The quantitative estimate of drug-likeness (QED) is 0.404. The molecule has 0 bridgehead atoms. The molecule has 1 fully saturated rings. The molecule has 0 aromatic carbocycles. The second-order valence-electron chi connectivity index (χ2n) is 4.62. The van der Waals surface area contributed by atoms with E-state index in [2.05, 4.69) is 15.4 Å². The first-order valence-corrected chi connectivity index (χ1v) is 6.66. The van der Waals surface area contributed by atoms with Gasteiger partial charge in [0.25, 0.3) is 0 Å². The lowest BCUT2D eigenvalue weighted by Crippen LogP contribution is -2.38. The smallest absolute Gasteiger partial charge is 0.309 e. The highest BCUT2D eigenvalue weighted by atomic mass is 16.5. The van der Waals surface area contributed by atoms with Crippen molar-refractivity contribution < 1.29 is 9.53 Å². The molecule has 2 heterocycles. The monoisotopic (exact) mass is 280 g/mol. The number of anilines is 3. The molecule has 1 aliphatic heterocycles. The summed E-state index contributed by atoms with van der Waals surface area (Å²) in [6.07, 6.45) is 2.87. The summed E-state index contributed by atoms with van der Waals surface area (Å²) in [6, 6.07) is 0. The van der Waals surface area contributed by atoms with Crippen LogP contribution in [0.2, 0.25) is 0 Å². The van der Waals surface area contributed by atoms with Gasteiger partial charge in [-0.3, -0.25) is 4.79 Å². The Labute approximate surface area is 117 Å². The Morgan fingerprint density at radius 2 is 2.20 bits per heavy atom. The van der Waals surface area contributed by atoms with E-state index in [9.17, 15) is 4.79 Å². The Morgan fingerprint density at radius 3 is 2.80 bits per heavy atom. The maximum absolute atomic E-state index is 11.7. The average molecular weight is 280 g/mol. The number of hydrazine groups is 1. The molecule has 110 valence electrons. The van der Waals surface area contributed by atoms with Gasteiger partial charge in [0.05, 0.1) is 12.5 Å². The summed E-state index contributed by atoms with van der Waals surface area (Å²) in [7, 11) is 0. The molecule has 1 aromatic rings. The van der Waals surface area contributed by atoms with Crippen molar-refractivity contribution in [3.05, 3.63) is 6.33 Å². The summed E-state index contributed by atoms with van der Waals surface area (Å²) in [4.78, 5) is 21.9. The number of nitrogens with one attached hydrogen (secondary N) is 1. The molecule has 1 saturated heterocycles. The molecule has 1 aliphatic rings. The summed E-state index contributed by atoms with van der Waals surface area (Å²) in [5.74, 6) is 6.24. The summed E-state index contributed by atoms with van der Waals surface area (Å²) in [5, 5.41) is 0. The van der Waals surface area contributed by atoms with Gasteiger partial charge in [-0.05, 0) is 19.8 Å². The minimum Gasteiger partial charge on any atom is -0.466 e. The number of rotatable bonds is 4. The van der Waals surface area contributed by atoms with Crippen molar-refractivity contribution in [3.8, 4) is 0 Å². The lowest BCUT2D eigenvalue weighted by molar-refractivity contribution is -0.148. The maximum Gasteiger partial charge on any atom is 0.309 e. The number of aromatic nitrogens is 2. The van der Waals surface area contributed by atoms with Crippen molar-refractivity contribution in [1.82, 2.24) is 9.97 Å². The molecular formula is C12H20N6O2. The maximum atomic E-state index is 11.7. The fourth-order valence-electron chi connectivity index (χ4n) is 2.34. The van der Waals surface area contributed by atoms with E-state index in [-0.39, 0.29) is 11.9 Å². The van der Waals surface area contributed by atoms with Crippen LogP contribution in [0, 0.1) is 5.92 Å². The first kappa shape index (κ1) is 14.3. The number of hydrogen-bond acceptors (Lipinski definition) is 8. The van der Waals surface area contributed by atoms with E-state index < -0.39 is 0 Å². The minimum absolute atomic E-state index is 0.0404. The molecule has 0 spiro atoms. The molecule has 0 atom stereocenters. The fraction of sp³-hybridized carbons (Fsp3) is 0.583. The van der Waals surface area contributed by atoms with Crippen LogP contribution in [0.25, 0.3) is 0 Å². The zero-order chi connectivity index (χ0) is 14.5. The second kappa shape index (κ2) is 6.38. The summed E-state index contributed by atoms with van der Waals surface area (Å²) >= 11 is 0. The zero-order valence-corrected chi connectivity index (χ0v) is 11.5. The average Bonchev–Trinajstić information content (AvgIpc) is 2.48. The van der Waals surface area contributed by atoms with Crippen LogP contribution in [-0.4, -0.2) is 35.6 Å². The van der Waals surface area contributed by atoms with Gasteiger partial charge in [-0.25, -0.2) is 15.8 Å². The molecule has 0 aliphatic carbocycles. The number of nitrogens with zero attached hydrogens (tertiary/aromatic N) is 3. The number of esters is 1. The number of carbonyl (C=O) groups is 1.